The van der Waals surface area contributed by atoms with Crippen LogP contribution in [0.4, 0.5) is 0 Å². The van der Waals surface area contributed by atoms with E-state index in [0.29, 0.717) is 4.77 Å². The number of nitrogens with zero attached hydrogens (tertiary/aromatic N) is 4. The van der Waals surface area contributed by atoms with Crippen molar-refractivity contribution in [1.29, 1.82) is 0 Å². The summed E-state index contributed by atoms with van der Waals surface area (Å²) in [5.74, 6) is 0. The lowest BCUT2D eigenvalue weighted by atomic mass is 10.3. The molecule has 0 unspecified atom stereocenters. The number of imidazole rings is 1. The van der Waals surface area contributed by atoms with Gasteiger partial charge in [0.25, 0.3) is 0 Å². The number of aryl methyl sites for hydroxylation is 2. The first-order valence-electron chi connectivity index (χ1n) is 5.21. The van der Waals surface area contributed by atoms with Crippen molar-refractivity contribution in [3.8, 4) is 5.69 Å². The minimum atomic E-state index is 0.631. The Labute approximate surface area is 103 Å². The highest BCUT2D eigenvalue weighted by atomic mass is 32.1. The minimum absolute atomic E-state index is 0.631. The molecule has 86 valence electrons. The maximum absolute atomic E-state index is 5.32. The van der Waals surface area contributed by atoms with Crippen LogP contribution in [-0.4, -0.2) is 24.3 Å². The first-order chi connectivity index (χ1) is 8.15. The predicted octanol–water partition coefficient (Wildman–Crippen LogP) is 2.13. The van der Waals surface area contributed by atoms with Gasteiger partial charge in [0.15, 0.2) is 10.4 Å². The number of rotatable bonds is 1. The Kier molecular flexibility index (Phi) is 2.12. The molecule has 0 atom stereocenters. The normalized spacial score (nSPS) is 11.2. The van der Waals surface area contributed by atoms with E-state index in [1.807, 2.05) is 37.0 Å². The van der Waals surface area contributed by atoms with Gasteiger partial charge < -0.3 is 4.98 Å². The molecule has 5 nitrogen and oxygen atoms in total. The van der Waals surface area contributed by atoms with E-state index in [9.17, 15) is 0 Å². The molecular weight excluding hydrogens is 234 g/mol. The van der Waals surface area contributed by atoms with Crippen LogP contribution in [0.2, 0.25) is 0 Å². The van der Waals surface area contributed by atoms with E-state index in [4.69, 9.17) is 12.2 Å². The highest BCUT2D eigenvalue weighted by Crippen LogP contribution is 2.17. The van der Waals surface area contributed by atoms with Crippen LogP contribution in [0, 0.1) is 11.7 Å². The second-order valence-corrected chi connectivity index (χ2v) is 4.41. The van der Waals surface area contributed by atoms with Crippen LogP contribution in [0.3, 0.4) is 0 Å². The third-order valence-electron chi connectivity index (χ3n) is 2.61. The summed E-state index contributed by atoms with van der Waals surface area (Å²) >= 11 is 5.32. The average molecular weight is 245 g/mol. The molecule has 17 heavy (non-hydrogen) atoms. The van der Waals surface area contributed by atoms with E-state index in [0.717, 1.165) is 22.4 Å². The molecule has 0 aliphatic heterocycles. The minimum Gasteiger partial charge on any atom is -0.329 e. The number of fused-ring (bicyclic) bond motifs is 1. The SMILES string of the molecule is Cc1cnc2c(c1)[nH]c(=S)n2-c1cnn(C)c1. The van der Waals surface area contributed by atoms with Gasteiger partial charge in [0, 0.05) is 19.4 Å². The van der Waals surface area contributed by atoms with Crippen molar-refractivity contribution < 1.29 is 0 Å². The van der Waals surface area contributed by atoms with Crippen LogP contribution < -0.4 is 0 Å². The molecule has 6 heteroatoms. The van der Waals surface area contributed by atoms with Gasteiger partial charge >= 0.3 is 0 Å². The molecule has 3 aromatic rings. The molecule has 0 aliphatic carbocycles. The highest BCUT2D eigenvalue weighted by Gasteiger charge is 2.09. The van der Waals surface area contributed by atoms with Gasteiger partial charge in [-0.25, -0.2) is 4.98 Å². The predicted molar refractivity (Wildman–Crippen MR) is 67.8 cm³/mol. The summed E-state index contributed by atoms with van der Waals surface area (Å²) in [7, 11) is 1.87. The zero-order valence-corrected chi connectivity index (χ0v) is 10.3. The number of nitrogens with one attached hydrogen (secondary N) is 1. The van der Waals surface area contributed by atoms with E-state index >= 15 is 0 Å². The molecule has 0 spiro atoms. The molecule has 3 aromatic heterocycles. The Hall–Kier alpha value is -1.95. The van der Waals surface area contributed by atoms with Crippen molar-refractivity contribution in [3.63, 3.8) is 0 Å². The van der Waals surface area contributed by atoms with E-state index in [-0.39, 0.29) is 0 Å². The monoisotopic (exact) mass is 245 g/mol. The molecule has 0 radical (unpaired) electrons. The first-order valence-corrected chi connectivity index (χ1v) is 5.62. The Bertz CT molecular complexity index is 749. The van der Waals surface area contributed by atoms with Gasteiger partial charge in [0.05, 0.1) is 17.4 Å². The van der Waals surface area contributed by atoms with Gasteiger partial charge in [-0.05, 0) is 30.8 Å². The molecule has 0 fully saturated rings. The number of hydrogen-bond acceptors (Lipinski definition) is 3. The molecule has 0 bridgehead atoms. The summed E-state index contributed by atoms with van der Waals surface area (Å²) in [4.78, 5) is 7.57. The molecule has 0 saturated heterocycles. The lowest BCUT2D eigenvalue weighted by Crippen LogP contribution is -1.94. The fourth-order valence-corrected chi connectivity index (χ4v) is 2.16. The molecule has 0 saturated carbocycles. The van der Waals surface area contributed by atoms with Crippen molar-refractivity contribution in [1.82, 2.24) is 24.3 Å². The lowest BCUT2D eigenvalue weighted by Gasteiger charge is -1.99. The summed E-state index contributed by atoms with van der Waals surface area (Å²) in [6, 6.07) is 2.03. The fraction of sp³-hybridized carbons (Fsp3) is 0.182. The summed E-state index contributed by atoms with van der Waals surface area (Å²) in [6.07, 6.45) is 5.51. The Morgan fingerprint density at radius 1 is 1.35 bits per heavy atom. The van der Waals surface area contributed by atoms with E-state index in [2.05, 4.69) is 15.1 Å². The van der Waals surface area contributed by atoms with Crippen molar-refractivity contribution in [2.45, 2.75) is 6.92 Å². The molecule has 3 rings (SSSR count). The average Bonchev–Trinajstić information content (AvgIpc) is 2.80. The van der Waals surface area contributed by atoms with E-state index < -0.39 is 0 Å². The molecule has 0 aromatic carbocycles. The smallest absolute Gasteiger partial charge is 0.184 e. The second kappa shape index (κ2) is 3.53. The van der Waals surface area contributed by atoms with Crippen LogP contribution in [0.15, 0.2) is 24.7 Å². The molecular formula is C11H11N5S. The quantitative estimate of drug-likeness (QED) is 0.668. The Morgan fingerprint density at radius 3 is 2.88 bits per heavy atom. The molecule has 1 N–H and O–H groups in total. The third-order valence-corrected chi connectivity index (χ3v) is 2.89. The number of pyridine rings is 1. The second-order valence-electron chi connectivity index (χ2n) is 4.02. The van der Waals surface area contributed by atoms with Gasteiger partial charge in [-0.15, -0.1) is 0 Å². The number of H-pyrrole nitrogens is 1. The van der Waals surface area contributed by atoms with Crippen LogP contribution in [0.5, 0.6) is 0 Å². The van der Waals surface area contributed by atoms with Crippen LogP contribution in [0.1, 0.15) is 5.56 Å². The number of aromatic nitrogens is 5. The Balaban J connectivity index is 2.36. The maximum atomic E-state index is 5.32. The maximum Gasteiger partial charge on any atom is 0.184 e. The first kappa shape index (κ1) is 10.2. The molecule has 0 aliphatic rings. The van der Waals surface area contributed by atoms with E-state index in [1.165, 1.54) is 0 Å². The van der Waals surface area contributed by atoms with Crippen LogP contribution in [-0.2, 0) is 7.05 Å². The highest BCUT2D eigenvalue weighted by molar-refractivity contribution is 7.71. The largest absolute Gasteiger partial charge is 0.329 e. The molecule has 0 amide bonds. The van der Waals surface area contributed by atoms with E-state index in [1.54, 1.807) is 10.9 Å². The van der Waals surface area contributed by atoms with Crippen LogP contribution in [0.25, 0.3) is 16.9 Å². The topological polar surface area (TPSA) is 51.4 Å². The summed E-state index contributed by atoms with van der Waals surface area (Å²) in [6.45, 7) is 2.00. The summed E-state index contributed by atoms with van der Waals surface area (Å²) in [5, 5.41) is 4.15. The van der Waals surface area contributed by atoms with Gasteiger partial charge in [0.1, 0.15) is 0 Å². The standard InChI is InChI=1S/C11H11N5S/c1-7-3-9-10(12-4-7)16(11(17)14-9)8-5-13-15(2)6-8/h3-6H,1-2H3,(H,14,17). The zero-order chi connectivity index (χ0) is 12.0. The Morgan fingerprint density at radius 2 is 2.18 bits per heavy atom. The van der Waals surface area contributed by atoms with Gasteiger partial charge in [-0.1, -0.05) is 0 Å². The third kappa shape index (κ3) is 1.57. The van der Waals surface area contributed by atoms with Gasteiger partial charge in [-0.2, -0.15) is 5.10 Å². The number of hydrogen-bond donors (Lipinski definition) is 1. The van der Waals surface area contributed by atoms with Crippen molar-refractivity contribution in [3.05, 3.63) is 35.0 Å². The van der Waals surface area contributed by atoms with Crippen molar-refractivity contribution in [2.24, 2.45) is 7.05 Å². The van der Waals surface area contributed by atoms with Crippen molar-refractivity contribution >= 4 is 23.4 Å². The zero-order valence-electron chi connectivity index (χ0n) is 9.51. The summed E-state index contributed by atoms with van der Waals surface area (Å²) < 4.78 is 4.26. The van der Waals surface area contributed by atoms with Gasteiger partial charge in [-0.3, -0.25) is 9.25 Å². The van der Waals surface area contributed by atoms with Crippen molar-refractivity contribution in [2.75, 3.05) is 0 Å². The molecule has 3 heterocycles. The fourth-order valence-electron chi connectivity index (χ4n) is 1.86. The van der Waals surface area contributed by atoms with Gasteiger partial charge in [0.2, 0.25) is 0 Å². The van der Waals surface area contributed by atoms with Crippen LogP contribution >= 0.6 is 12.2 Å². The number of aromatic amines is 1. The lowest BCUT2D eigenvalue weighted by molar-refractivity contribution is 0.767. The summed E-state index contributed by atoms with van der Waals surface area (Å²) in [5.41, 5.74) is 3.79.